The van der Waals surface area contributed by atoms with E-state index in [1.165, 1.54) is 0 Å². The molecule has 3 heterocycles. The highest BCUT2D eigenvalue weighted by atomic mass is 16.1. The van der Waals surface area contributed by atoms with Crippen LogP contribution in [0.5, 0.6) is 0 Å². The molecule has 0 radical (unpaired) electrons. The highest BCUT2D eigenvalue weighted by Crippen LogP contribution is 2.19. The monoisotopic (exact) mass is 331 g/mol. The van der Waals surface area contributed by atoms with Gasteiger partial charge in [-0.2, -0.15) is 0 Å². The van der Waals surface area contributed by atoms with Gasteiger partial charge in [0, 0.05) is 25.0 Å². The van der Waals surface area contributed by atoms with Gasteiger partial charge in [0.15, 0.2) is 5.65 Å². The van der Waals surface area contributed by atoms with E-state index in [0.29, 0.717) is 23.6 Å². The quantitative estimate of drug-likeness (QED) is 0.604. The van der Waals surface area contributed by atoms with Gasteiger partial charge in [0.25, 0.3) is 5.91 Å². The number of hydrogen-bond donors (Lipinski definition) is 2. The highest BCUT2D eigenvalue weighted by Gasteiger charge is 2.09. The second-order valence-corrected chi connectivity index (χ2v) is 5.86. The van der Waals surface area contributed by atoms with Gasteiger partial charge in [-0.05, 0) is 18.2 Å². The Morgan fingerprint density at radius 1 is 1.12 bits per heavy atom. The first-order valence-electron chi connectivity index (χ1n) is 8.00. The van der Waals surface area contributed by atoms with Crippen molar-refractivity contribution in [2.24, 2.45) is 7.05 Å². The molecule has 2 N–H and O–H groups in total. The lowest BCUT2D eigenvalue weighted by atomic mass is 10.1. The number of aromatic nitrogens is 4. The zero-order valence-corrected chi connectivity index (χ0v) is 13.7. The van der Waals surface area contributed by atoms with Crippen molar-refractivity contribution in [2.45, 2.75) is 6.54 Å². The van der Waals surface area contributed by atoms with Crippen LogP contribution in [0.4, 0.5) is 0 Å². The lowest BCUT2D eigenvalue weighted by Gasteiger charge is -2.00. The minimum atomic E-state index is -0.126. The molecule has 0 fully saturated rings. The Morgan fingerprint density at radius 2 is 1.96 bits per heavy atom. The average Bonchev–Trinajstić information content (AvgIpc) is 3.25. The third-order valence-electron chi connectivity index (χ3n) is 3.97. The molecular formula is C19H17N5O. The Labute approximate surface area is 144 Å². The summed E-state index contributed by atoms with van der Waals surface area (Å²) in [4.78, 5) is 24.4. The molecule has 4 aromatic rings. The molecule has 124 valence electrons. The maximum Gasteiger partial charge on any atom is 0.253 e. The Balaban J connectivity index is 1.52. The molecule has 0 aliphatic heterocycles. The molecule has 0 saturated heterocycles. The molecule has 0 saturated carbocycles. The van der Waals surface area contributed by atoms with Crippen molar-refractivity contribution in [1.82, 2.24) is 24.8 Å². The van der Waals surface area contributed by atoms with Crippen molar-refractivity contribution in [2.75, 3.05) is 0 Å². The molecular weight excluding hydrogens is 314 g/mol. The number of aromatic amines is 1. The second-order valence-electron chi connectivity index (χ2n) is 5.86. The van der Waals surface area contributed by atoms with Crippen molar-refractivity contribution >= 4 is 17.1 Å². The molecule has 0 spiro atoms. The van der Waals surface area contributed by atoms with Crippen LogP contribution in [0.1, 0.15) is 16.2 Å². The zero-order valence-electron chi connectivity index (χ0n) is 13.7. The van der Waals surface area contributed by atoms with Crippen LogP contribution in [-0.4, -0.2) is 25.4 Å². The van der Waals surface area contributed by atoms with Gasteiger partial charge in [0.2, 0.25) is 0 Å². The number of amides is 1. The van der Waals surface area contributed by atoms with Gasteiger partial charge in [-0.15, -0.1) is 0 Å². The Morgan fingerprint density at radius 3 is 2.72 bits per heavy atom. The number of rotatable bonds is 4. The summed E-state index contributed by atoms with van der Waals surface area (Å²) in [6.45, 7) is 0.324. The smallest absolute Gasteiger partial charge is 0.253 e. The number of carbonyl (C=O) groups excluding carboxylic acids is 1. The number of nitrogens with zero attached hydrogens (tertiary/aromatic N) is 3. The average molecular weight is 331 g/mol. The van der Waals surface area contributed by atoms with Crippen LogP contribution >= 0.6 is 0 Å². The van der Waals surface area contributed by atoms with Crippen LogP contribution in [0.3, 0.4) is 0 Å². The number of aryl methyl sites for hydroxylation is 1. The van der Waals surface area contributed by atoms with Gasteiger partial charge >= 0.3 is 0 Å². The summed E-state index contributed by atoms with van der Waals surface area (Å²) in [5, 5.41) is 2.86. The number of benzene rings is 1. The number of H-pyrrole nitrogens is 1. The Hall–Kier alpha value is -3.41. The minimum absolute atomic E-state index is 0.126. The molecule has 1 amide bonds. The first kappa shape index (κ1) is 15.1. The summed E-state index contributed by atoms with van der Waals surface area (Å²) in [6.07, 6.45) is 3.62. The predicted octanol–water partition coefficient (Wildman–Crippen LogP) is 2.89. The predicted molar refractivity (Wildman–Crippen MR) is 95.9 cm³/mol. The van der Waals surface area contributed by atoms with Crippen molar-refractivity contribution in [1.29, 1.82) is 0 Å². The second kappa shape index (κ2) is 6.24. The summed E-state index contributed by atoms with van der Waals surface area (Å²) in [6, 6.07) is 15.6. The molecule has 0 bridgehead atoms. The number of pyridine rings is 1. The van der Waals surface area contributed by atoms with Gasteiger partial charge in [-0.3, -0.25) is 4.79 Å². The van der Waals surface area contributed by atoms with E-state index in [1.807, 2.05) is 60.3 Å². The van der Waals surface area contributed by atoms with E-state index < -0.39 is 0 Å². The van der Waals surface area contributed by atoms with Gasteiger partial charge in [-0.25, -0.2) is 9.97 Å². The van der Waals surface area contributed by atoms with E-state index in [0.717, 1.165) is 16.8 Å². The molecule has 4 rings (SSSR count). The topological polar surface area (TPSA) is 75.6 Å². The Kier molecular flexibility index (Phi) is 3.78. The first-order valence-corrected chi connectivity index (χ1v) is 8.00. The van der Waals surface area contributed by atoms with Crippen molar-refractivity contribution in [3.63, 3.8) is 0 Å². The molecule has 0 aliphatic carbocycles. The van der Waals surface area contributed by atoms with Crippen molar-refractivity contribution in [3.8, 4) is 11.3 Å². The van der Waals surface area contributed by atoms with Crippen LogP contribution in [0.25, 0.3) is 22.4 Å². The number of nitrogens with one attached hydrogen (secondary N) is 2. The van der Waals surface area contributed by atoms with Crippen LogP contribution in [-0.2, 0) is 13.6 Å². The highest BCUT2D eigenvalue weighted by molar-refractivity contribution is 5.93. The number of fused-ring (bicyclic) bond motifs is 1. The van der Waals surface area contributed by atoms with E-state index in [1.54, 1.807) is 12.3 Å². The van der Waals surface area contributed by atoms with Gasteiger partial charge in [-0.1, -0.05) is 30.3 Å². The van der Waals surface area contributed by atoms with Crippen LogP contribution < -0.4 is 5.32 Å². The van der Waals surface area contributed by atoms with Crippen molar-refractivity contribution in [3.05, 3.63) is 72.3 Å². The number of imidazole rings is 1. The standard InChI is InChI=1S/C19H17N5O/c1-24-10-9-14(12-24)19(25)20-11-17-21-16-8-7-15(22-18(16)23-17)13-5-3-2-4-6-13/h2-10,12H,11H2,1H3,(H,20,25)(H,21,22,23). The summed E-state index contributed by atoms with van der Waals surface area (Å²) < 4.78 is 1.84. The molecule has 0 aliphatic rings. The maximum absolute atomic E-state index is 12.1. The molecule has 0 atom stereocenters. The normalized spacial score (nSPS) is 10.9. The minimum Gasteiger partial charge on any atom is -0.356 e. The van der Waals surface area contributed by atoms with Crippen LogP contribution in [0, 0.1) is 0 Å². The van der Waals surface area contributed by atoms with E-state index in [9.17, 15) is 4.79 Å². The van der Waals surface area contributed by atoms with Crippen molar-refractivity contribution < 1.29 is 4.79 Å². The lowest BCUT2D eigenvalue weighted by Crippen LogP contribution is -2.22. The van der Waals surface area contributed by atoms with Crippen LogP contribution in [0.2, 0.25) is 0 Å². The fraction of sp³-hybridized carbons (Fsp3) is 0.105. The van der Waals surface area contributed by atoms with Gasteiger partial charge in [0.05, 0.1) is 17.8 Å². The molecule has 6 heteroatoms. The summed E-state index contributed by atoms with van der Waals surface area (Å²) in [5.74, 6) is 0.552. The third-order valence-corrected chi connectivity index (χ3v) is 3.97. The first-order chi connectivity index (χ1) is 12.2. The van der Waals surface area contributed by atoms with Gasteiger partial charge < -0.3 is 14.9 Å². The molecule has 0 unspecified atom stereocenters. The van der Waals surface area contributed by atoms with E-state index in [2.05, 4.69) is 20.3 Å². The molecule has 1 aromatic carbocycles. The molecule has 25 heavy (non-hydrogen) atoms. The lowest BCUT2D eigenvalue weighted by molar-refractivity contribution is 0.0950. The summed E-state index contributed by atoms with van der Waals surface area (Å²) >= 11 is 0. The van der Waals surface area contributed by atoms with E-state index in [-0.39, 0.29) is 5.91 Å². The zero-order chi connectivity index (χ0) is 17.2. The van der Waals surface area contributed by atoms with E-state index >= 15 is 0 Å². The summed E-state index contributed by atoms with van der Waals surface area (Å²) in [7, 11) is 1.88. The SMILES string of the molecule is Cn1ccc(C(=O)NCc2nc3ccc(-c4ccccc4)nc3[nH]2)c1. The maximum atomic E-state index is 12.1. The number of hydrogen-bond acceptors (Lipinski definition) is 3. The van der Waals surface area contributed by atoms with E-state index in [4.69, 9.17) is 0 Å². The molecule has 3 aromatic heterocycles. The van der Waals surface area contributed by atoms with Gasteiger partial charge in [0.1, 0.15) is 11.3 Å². The number of carbonyl (C=O) groups is 1. The largest absolute Gasteiger partial charge is 0.356 e. The molecule has 6 nitrogen and oxygen atoms in total. The third kappa shape index (κ3) is 3.14. The Bertz CT molecular complexity index is 1030. The fourth-order valence-corrected chi connectivity index (χ4v) is 2.70. The summed E-state index contributed by atoms with van der Waals surface area (Å²) in [5.41, 5.74) is 4.06. The fourth-order valence-electron chi connectivity index (χ4n) is 2.70. The van der Waals surface area contributed by atoms with Crippen LogP contribution in [0.15, 0.2) is 60.9 Å².